The number of benzene rings is 4. The van der Waals surface area contributed by atoms with Gasteiger partial charge in [-0.05, 0) is 61.2 Å². The van der Waals surface area contributed by atoms with Crippen LogP contribution in [-0.2, 0) is 0 Å². The lowest BCUT2D eigenvalue weighted by Gasteiger charge is -2.10. The molecule has 0 fully saturated rings. The lowest BCUT2D eigenvalue weighted by molar-refractivity contribution is 0.101. The van der Waals surface area contributed by atoms with Gasteiger partial charge in [-0.1, -0.05) is 65.7 Å². The third kappa shape index (κ3) is 4.11. The van der Waals surface area contributed by atoms with E-state index < -0.39 is 0 Å². The van der Waals surface area contributed by atoms with E-state index in [0.29, 0.717) is 16.5 Å². The number of hydrogen-bond donors (Lipinski definition) is 1. The van der Waals surface area contributed by atoms with Crippen molar-refractivity contribution in [3.63, 3.8) is 0 Å². The summed E-state index contributed by atoms with van der Waals surface area (Å²) in [5.41, 5.74) is 4.59. The summed E-state index contributed by atoms with van der Waals surface area (Å²) in [6.07, 6.45) is 0. The molecule has 0 saturated heterocycles. The van der Waals surface area contributed by atoms with Gasteiger partial charge in [0.25, 0.3) is 5.91 Å². The van der Waals surface area contributed by atoms with Gasteiger partial charge < -0.3 is 5.32 Å². The summed E-state index contributed by atoms with van der Waals surface area (Å²) in [6.45, 7) is 4.06. The maximum atomic E-state index is 13.2. The number of carbonyl (C=O) groups excluding carboxylic acids is 1. The molecule has 1 heterocycles. The number of nitrogens with zero attached hydrogens (tertiary/aromatic N) is 3. The van der Waals surface area contributed by atoms with E-state index in [-0.39, 0.29) is 11.7 Å². The van der Waals surface area contributed by atoms with Gasteiger partial charge in [0, 0.05) is 21.7 Å². The van der Waals surface area contributed by atoms with Crippen molar-refractivity contribution in [1.82, 2.24) is 14.8 Å². The molecule has 0 aliphatic carbocycles. The molecule has 0 bridgehead atoms. The molecular weight excluding hydrogens is 432 g/mol. The number of anilines is 1. The first-order valence-corrected chi connectivity index (χ1v) is 11.0. The Labute approximate surface area is 196 Å². The molecule has 1 amide bonds. The number of hydrogen-bond acceptors (Lipinski definition) is 3. The van der Waals surface area contributed by atoms with Crippen LogP contribution in [0.1, 0.15) is 21.7 Å². The van der Waals surface area contributed by atoms with E-state index >= 15 is 0 Å². The van der Waals surface area contributed by atoms with Crippen molar-refractivity contribution in [2.45, 2.75) is 13.8 Å². The Balaban J connectivity index is 1.59. The van der Waals surface area contributed by atoms with Crippen LogP contribution in [0.5, 0.6) is 0 Å². The lowest BCUT2D eigenvalue weighted by atomic mass is 10.1. The first-order chi connectivity index (χ1) is 16.0. The maximum absolute atomic E-state index is 13.2. The molecule has 162 valence electrons. The van der Waals surface area contributed by atoms with Crippen LogP contribution in [0.3, 0.4) is 0 Å². The molecule has 0 saturated carbocycles. The fourth-order valence-electron chi connectivity index (χ4n) is 3.92. The number of nitrogens with one attached hydrogen (secondary N) is 1. The second kappa shape index (κ2) is 8.52. The minimum atomic E-state index is -0.370. The Hall–Kier alpha value is -3.96. The van der Waals surface area contributed by atoms with Crippen LogP contribution in [0.4, 0.5) is 5.69 Å². The van der Waals surface area contributed by atoms with Crippen LogP contribution in [0.15, 0.2) is 84.9 Å². The van der Waals surface area contributed by atoms with Crippen molar-refractivity contribution >= 4 is 34.0 Å². The van der Waals surface area contributed by atoms with Crippen LogP contribution in [0.25, 0.3) is 27.8 Å². The quantitative estimate of drug-likeness (QED) is 0.333. The fourth-order valence-corrected chi connectivity index (χ4v) is 4.04. The standard InChI is InChI=1S/C27H21ClN4O/c1-17-10-15-24(18(2)16-17)32-26(20-11-13-21(28)14-12-20)30-25(31-32)27(33)29-23-9-5-7-19-6-3-4-8-22(19)23/h3-16H,1-2H3,(H,29,33). The third-order valence-electron chi connectivity index (χ3n) is 5.53. The van der Waals surface area contributed by atoms with Gasteiger partial charge in [0.05, 0.1) is 5.69 Å². The Kier molecular flexibility index (Phi) is 5.40. The van der Waals surface area contributed by atoms with Crippen LogP contribution in [0, 0.1) is 13.8 Å². The summed E-state index contributed by atoms with van der Waals surface area (Å²) < 4.78 is 1.72. The molecule has 0 unspecified atom stereocenters. The molecule has 5 aromatic rings. The fraction of sp³-hybridized carbons (Fsp3) is 0.0741. The summed E-state index contributed by atoms with van der Waals surface area (Å²) in [5.74, 6) is 0.291. The van der Waals surface area contributed by atoms with Gasteiger partial charge in [0.1, 0.15) is 0 Å². The van der Waals surface area contributed by atoms with Gasteiger partial charge in [0.2, 0.25) is 5.82 Å². The zero-order valence-corrected chi connectivity index (χ0v) is 19.0. The number of aromatic nitrogens is 3. The summed E-state index contributed by atoms with van der Waals surface area (Å²) in [6, 6.07) is 27.1. The Morgan fingerprint density at radius 1 is 0.909 bits per heavy atom. The normalized spacial score (nSPS) is 11.0. The zero-order chi connectivity index (χ0) is 22.9. The number of halogens is 1. The highest BCUT2D eigenvalue weighted by Gasteiger charge is 2.20. The average molecular weight is 453 g/mol. The molecule has 0 spiro atoms. The minimum absolute atomic E-state index is 0.0906. The van der Waals surface area contributed by atoms with Gasteiger partial charge >= 0.3 is 0 Å². The van der Waals surface area contributed by atoms with E-state index in [1.807, 2.05) is 80.6 Å². The number of aryl methyl sites for hydroxylation is 2. The minimum Gasteiger partial charge on any atom is -0.319 e. The van der Waals surface area contributed by atoms with Crippen molar-refractivity contribution in [2.24, 2.45) is 0 Å². The highest BCUT2D eigenvalue weighted by Crippen LogP contribution is 2.27. The second-order valence-corrected chi connectivity index (χ2v) is 8.38. The largest absolute Gasteiger partial charge is 0.319 e. The predicted octanol–water partition coefficient (Wildman–Crippen LogP) is 6.61. The van der Waals surface area contributed by atoms with Crippen molar-refractivity contribution in [3.05, 3.63) is 107 Å². The van der Waals surface area contributed by atoms with Gasteiger partial charge in [-0.2, -0.15) is 0 Å². The third-order valence-corrected chi connectivity index (χ3v) is 5.78. The summed E-state index contributed by atoms with van der Waals surface area (Å²) in [7, 11) is 0. The molecule has 0 aliphatic rings. The molecule has 33 heavy (non-hydrogen) atoms. The van der Waals surface area contributed by atoms with Crippen LogP contribution in [0.2, 0.25) is 5.02 Å². The van der Waals surface area contributed by atoms with Crippen molar-refractivity contribution in [2.75, 3.05) is 5.32 Å². The molecule has 6 heteroatoms. The van der Waals surface area contributed by atoms with E-state index in [1.165, 1.54) is 0 Å². The van der Waals surface area contributed by atoms with E-state index in [9.17, 15) is 4.79 Å². The van der Waals surface area contributed by atoms with Gasteiger partial charge in [0.15, 0.2) is 5.82 Å². The van der Waals surface area contributed by atoms with Gasteiger partial charge in [-0.15, -0.1) is 5.10 Å². The average Bonchev–Trinajstić information content (AvgIpc) is 3.25. The Morgan fingerprint density at radius 2 is 1.67 bits per heavy atom. The van der Waals surface area contributed by atoms with E-state index in [1.54, 1.807) is 16.8 Å². The summed E-state index contributed by atoms with van der Waals surface area (Å²) >= 11 is 6.09. The highest BCUT2D eigenvalue weighted by molar-refractivity contribution is 6.30. The second-order valence-electron chi connectivity index (χ2n) is 7.95. The monoisotopic (exact) mass is 452 g/mol. The predicted molar refractivity (Wildman–Crippen MR) is 133 cm³/mol. The Bertz CT molecular complexity index is 1480. The summed E-state index contributed by atoms with van der Waals surface area (Å²) in [4.78, 5) is 17.8. The molecule has 0 aliphatic heterocycles. The van der Waals surface area contributed by atoms with Gasteiger partial charge in [-0.3, -0.25) is 4.79 Å². The summed E-state index contributed by atoms with van der Waals surface area (Å²) in [5, 5.41) is 10.2. The number of fused-ring (bicyclic) bond motifs is 1. The first-order valence-electron chi connectivity index (χ1n) is 10.6. The Morgan fingerprint density at radius 3 is 2.45 bits per heavy atom. The van der Waals surface area contributed by atoms with Gasteiger partial charge in [-0.25, -0.2) is 9.67 Å². The molecular formula is C27H21ClN4O. The SMILES string of the molecule is Cc1ccc(-n2nc(C(=O)Nc3cccc4ccccc34)nc2-c2ccc(Cl)cc2)c(C)c1. The first kappa shape index (κ1) is 20.9. The number of carbonyl (C=O) groups is 1. The van der Waals surface area contributed by atoms with Crippen molar-refractivity contribution < 1.29 is 4.79 Å². The van der Waals surface area contributed by atoms with E-state index in [4.69, 9.17) is 11.6 Å². The van der Waals surface area contributed by atoms with Crippen LogP contribution in [-0.4, -0.2) is 20.7 Å². The number of rotatable bonds is 4. The smallest absolute Gasteiger partial charge is 0.295 e. The molecule has 0 radical (unpaired) electrons. The molecule has 5 nitrogen and oxygen atoms in total. The van der Waals surface area contributed by atoms with Crippen LogP contribution < -0.4 is 5.32 Å². The molecule has 0 atom stereocenters. The highest BCUT2D eigenvalue weighted by atomic mass is 35.5. The molecule has 4 aromatic carbocycles. The molecule has 1 N–H and O–H groups in total. The lowest BCUT2D eigenvalue weighted by Crippen LogP contribution is -2.14. The van der Waals surface area contributed by atoms with E-state index in [2.05, 4.69) is 21.5 Å². The topological polar surface area (TPSA) is 59.8 Å². The molecule has 5 rings (SSSR count). The maximum Gasteiger partial charge on any atom is 0.295 e. The molecule has 1 aromatic heterocycles. The zero-order valence-electron chi connectivity index (χ0n) is 18.2. The van der Waals surface area contributed by atoms with Crippen molar-refractivity contribution in [1.29, 1.82) is 0 Å². The van der Waals surface area contributed by atoms with Crippen molar-refractivity contribution in [3.8, 4) is 17.1 Å². The van der Waals surface area contributed by atoms with E-state index in [0.717, 1.165) is 33.2 Å². The van der Waals surface area contributed by atoms with Crippen LogP contribution >= 0.6 is 11.6 Å². The number of amides is 1.